The van der Waals surface area contributed by atoms with Gasteiger partial charge in [-0.25, -0.2) is 9.79 Å². The number of hydrogen-bond acceptors (Lipinski definition) is 3. The monoisotopic (exact) mass is 152 g/mol. The van der Waals surface area contributed by atoms with Crippen molar-refractivity contribution in [3.63, 3.8) is 0 Å². The van der Waals surface area contributed by atoms with E-state index in [0.717, 1.165) is 13.1 Å². The number of carbonyl (C=O) groups excluding carboxylic acids is 1. The van der Waals surface area contributed by atoms with Gasteiger partial charge in [0.25, 0.3) is 0 Å². The highest BCUT2D eigenvalue weighted by atomic mass is 16.1. The average molecular weight is 152 g/mol. The fourth-order valence-electron chi connectivity index (χ4n) is 1.18. The van der Waals surface area contributed by atoms with Crippen LogP contribution in [0.15, 0.2) is 17.1 Å². The SMILES string of the molecule is O=C=NC/C=C\C1CCNC1. The zero-order chi connectivity index (χ0) is 7.94. The third-order valence-corrected chi connectivity index (χ3v) is 1.77. The highest BCUT2D eigenvalue weighted by Gasteiger charge is 2.09. The van der Waals surface area contributed by atoms with Crippen molar-refractivity contribution in [2.24, 2.45) is 10.9 Å². The molecule has 1 fully saturated rings. The summed E-state index contributed by atoms with van der Waals surface area (Å²) < 4.78 is 0. The van der Waals surface area contributed by atoms with Crippen LogP contribution in [-0.2, 0) is 4.79 Å². The van der Waals surface area contributed by atoms with Gasteiger partial charge >= 0.3 is 0 Å². The second-order valence-corrected chi connectivity index (χ2v) is 2.61. The molecule has 0 aromatic rings. The van der Waals surface area contributed by atoms with Crippen LogP contribution in [0.4, 0.5) is 0 Å². The first kappa shape index (κ1) is 8.18. The van der Waals surface area contributed by atoms with E-state index in [0.29, 0.717) is 12.5 Å². The summed E-state index contributed by atoms with van der Waals surface area (Å²) in [6.07, 6.45) is 6.73. The summed E-state index contributed by atoms with van der Waals surface area (Å²) in [6, 6.07) is 0. The molecule has 0 saturated carbocycles. The first-order chi connectivity index (χ1) is 5.43. The minimum atomic E-state index is 0.472. The smallest absolute Gasteiger partial charge is 0.235 e. The van der Waals surface area contributed by atoms with Gasteiger partial charge in [0.15, 0.2) is 0 Å². The van der Waals surface area contributed by atoms with Crippen molar-refractivity contribution in [2.75, 3.05) is 19.6 Å². The molecule has 0 aliphatic carbocycles. The fourth-order valence-corrected chi connectivity index (χ4v) is 1.18. The molecule has 0 bridgehead atoms. The van der Waals surface area contributed by atoms with Gasteiger partial charge in [-0.05, 0) is 18.9 Å². The van der Waals surface area contributed by atoms with Crippen LogP contribution >= 0.6 is 0 Å². The van der Waals surface area contributed by atoms with Gasteiger partial charge in [-0.3, -0.25) is 0 Å². The van der Waals surface area contributed by atoms with Gasteiger partial charge in [0.1, 0.15) is 0 Å². The number of hydrogen-bond donors (Lipinski definition) is 1. The molecule has 3 heteroatoms. The third kappa shape index (κ3) is 3.12. The van der Waals surface area contributed by atoms with Crippen LogP contribution < -0.4 is 5.32 Å². The van der Waals surface area contributed by atoms with Gasteiger partial charge in [0.05, 0.1) is 6.54 Å². The molecule has 1 atom stereocenters. The van der Waals surface area contributed by atoms with Crippen molar-refractivity contribution < 1.29 is 4.79 Å². The van der Waals surface area contributed by atoms with Crippen LogP contribution in [0.1, 0.15) is 6.42 Å². The molecule has 1 N–H and O–H groups in total. The van der Waals surface area contributed by atoms with E-state index in [-0.39, 0.29) is 0 Å². The zero-order valence-corrected chi connectivity index (χ0v) is 6.42. The number of isocyanates is 1. The zero-order valence-electron chi connectivity index (χ0n) is 6.42. The predicted octanol–water partition coefficient (Wildman–Crippen LogP) is 0.488. The number of nitrogens with zero attached hydrogens (tertiary/aromatic N) is 1. The molecule has 0 aromatic carbocycles. The maximum Gasteiger partial charge on any atom is 0.235 e. The number of nitrogens with one attached hydrogen (secondary N) is 1. The van der Waals surface area contributed by atoms with Crippen LogP contribution in [0.2, 0.25) is 0 Å². The minimum absolute atomic E-state index is 0.472. The van der Waals surface area contributed by atoms with Crippen molar-refractivity contribution in [3.8, 4) is 0 Å². The van der Waals surface area contributed by atoms with E-state index >= 15 is 0 Å². The van der Waals surface area contributed by atoms with Gasteiger partial charge in [-0.15, -0.1) is 0 Å². The first-order valence-electron chi connectivity index (χ1n) is 3.84. The summed E-state index contributed by atoms with van der Waals surface area (Å²) in [5.41, 5.74) is 0. The van der Waals surface area contributed by atoms with Gasteiger partial charge in [0, 0.05) is 6.54 Å². The third-order valence-electron chi connectivity index (χ3n) is 1.77. The van der Waals surface area contributed by atoms with Crippen LogP contribution in [-0.4, -0.2) is 25.7 Å². The normalized spacial score (nSPS) is 23.8. The Hall–Kier alpha value is -0.920. The standard InChI is InChI=1S/C8H12N2O/c11-7-10-4-1-2-8-3-5-9-6-8/h1-2,8-9H,3-6H2/b2-1-. The van der Waals surface area contributed by atoms with Crippen molar-refractivity contribution in [2.45, 2.75) is 6.42 Å². The van der Waals surface area contributed by atoms with Crippen LogP contribution in [0.5, 0.6) is 0 Å². The molecule has 0 aromatic heterocycles. The number of rotatable bonds is 3. The van der Waals surface area contributed by atoms with Crippen molar-refractivity contribution in [1.29, 1.82) is 0 Å². The highest BCUT2D eigenvalue weighted by Crippen LogP contribution is 2.07. The summed E-state index contributed by atoms with van der Waals surface area (Å²) in [6.45, 7) is 2.63. The van der Waals surface area contributed by atoms with E-state index in [1.54, 1.807) is 0 Å². The Labute approximate surface area is 66.2 Å². The molecule has 11 heavy (non-hydrogen) atoms. The second kappa shape index (κ2) is 4.83. The van der Waals surface area contributed by atoms with E-state index in [2.05, 4.69) is 16.4 Å². The Morgan fingerprint density at radius 2 is 2.64 bits per heavy atom. The van der Waals surface area contributed by atoms with Gasteiger partial charge in [0.2, 0.25) is 6.08 Å². The molecule has 3 nitrogen and oxygen atoms in total. The summed E-state index contributed by atoms with van der Waals surface area (Å²) in [5, 5.41) is 3.25. The molecule has 60 valence electrons. The second-order valence-electron chi connectivity index (χ2n) is 2.61. The van der Waals surface area contributed by atoms with E-state index in [4.69, 9.17) is 0 Å². The summed E-state index contributed by atoms with van der Waals surface area (Å²) in [4.78, 5) is 13.1. The van der Waals surface area contributed by atoms with E-state index in [1.807, 2.05) is 6.08 Å². The Bertz CT molecular complexity index is 177. The molecule has 0 radical (unpaired) electrons. The largest absolute Gasteiger partial charge is 0.316 e. The number of aliphatic imine (C=N–C) groups is 1. The van der Waals surface area contributed by atoms with Crippen LogP contribution in [0, 0.1) is 5.92 Å². The summed E-state index contributed by atoms with van der Waals surface area (Å²) in [7, 11) is 0. The molecule has 1 unspecified atom stereocenters. The van der Waals surface area contributed by atoms with Crippen LogP contribution in [0.25, 0.3) is 0 Å². The molecule has 1 aliphatic heterocycles. The molecule has 0 amide bonds. The Kier molecular flexibility index (Phi) is 3.59. The lowest BCUT2D eigenvalue weighted by Gasteiger charge is -1.96. The fraction of sp³-hybridized carbons (Fsp3) is 0.625. The lowest BCUT2D eigenvalue weighted by Crippen LogP contribution is -2.07. The molecular formula is C8H12N2O. The molecule has 1 heterocycles. The first-order valence-corrected chi connectivity index (χ1v) is 3.84. The molecule has 1 aliphatic rings. The van der Waals surface area contributed by atoms with E-state index in [9.17, 15) is 4.79 Å². The Morgan fingerprint density at radius 1 is 1.73 bits per heavy atom. The van der Waals surface area contributed by atoms with Crippen molar-refractivity contribution in [1.82, 2.24) is 5.32 Å². The molecule has 1 saturated heterocycles. The van der Waals surface area contributed by atoms with E-state index in [1.165, 1.54) is 12.5 Å². The molecule has 0 spiro atoms. The summed E-state index contributed by atoms with van der Waals surface area (Å²) >= 11 is 0. The molecule has 1 rings (SSSR count). The quantitative estimate of drug-likeness (QED) is 0.363. The average Bonchev–Trinajstić information content (AvgIpc) is 2.50. The maximum absolute atomic E-state index is 9.66. The Balaban J connectivity index is 2.17. The lowest BCUT2D eigenvalue weighted by atomic mass is 10.1. The van der Waals surface area contributed by atoms with Crippen molar-refractivity contribution in [3.05, 3.63) is 12.2 Å². The van der Waals surface area contributed by atoms with Gasteiger partial charge in [-0.1, -0.05) is 12.2 Å². The van der Waals surface area contributed by atoms with E-state index < -0.39 is 0 Å². The van der Waals surface area contributed by atoms with Gasteiger partial charge in [-0.2, -0.15) is 0 Å². The Morgan fingerprint density at radius 3 is 3.27 bits per heavy atom. The summed E-state index contributed by atoms with van der Waals surface area (Å²) in [5.74, 6) is 0.636. The lowest BCUT2D eigenvalue weighted by molar-refractivity contribution is 0.564. The molecular weight excluding hydrogens is 140 g/mol. The minimum Gasteiger partial charge on any atom is -0.316 e. The maximum atomic E-state index is 9.66. The van der Waals surface area contributed by atoms with Gasteiger partial charge < -0.3 is 5.32 Å². The predicted molar refractivity (Wildman–Crippen MR) is 43.1 cm³/mol. The highest BCUT2D eigenvalue weighted by molar-refractivity contribution is 5.33. The van der Waals surface area contributed by atoms with Crippen LogP contribution in [0.3, 0.4) is 0 Å². The van der Waals surface area contributed by atoms with Crippen molar-refractivity contribution >= 4 is 6.08 Å². The topological polar surface area (TPSA) is 41.5 Å².